The zero-order chi connectivity index (χ0) is 14.4. The van der Waals surface area contributed by atoms with Crippen molar-refractivity contribution in [3.63, 3.8) is 0 Å². The van der Waals surface area contributed by atoms with E-state index in [1.54, 1.807) is 0 Å². The molecular formula is C19H12Br2. The molecule has 0 N–H and O–H groups in total. The molecule has 0 heterocycles. The maximum absolute atomic E-state index is 3.62. The third-order valence-corrected chi connectivity index (χ3v) is 5.04. The molecule has 0 aliphatic heterocycles. The van der Waals surface area contributed by atoms with Gasteiger partial charge in [-0.3, -0.25) is 0 Å². The SMILES string of the molecule is BrC(Br)c1cccc2c1ccc1c3ccccc3ccc21. The van der Waals surface area contributed by atoms with Crippen LogP contribution in [0.2, 0.25) is 0 Å². The predicted molar refractivity (Wildman–Crippen MR) is 99.6 cm³/mol. The molecule has 4 aromatic carbocycles. The second-order valence-corrected chi connectivity index (χ2v) is 8.25. The van der Waals surface area contributed by atoms with Gasteiger partial charge in [0, 0.05) is 0 Å². The molecule has 0 aliphatic rings. The topological polar surface area (TPSA) is 0 Å². The van der Waals surface area contributed by atoms with Gasteiger partial charge < -0.3 is 0 Å². The quantitative estimate of drug-likeness (QED) is 0.240. The van der Waals surface area contributed by atoms with Crippen molar-refractivity contribution < 1.29 is 0 Å². The predicted octanol–water partition coefficient (Wildman–Crippen LogP) is 6.93. The molecule has 0 saturated heterocycles. The number of hydrogen-bond donors (Lipinski definition) is 0. The van der Waals surface area contributed by atoms with Crippen molar-refractivity contribution in [3.8, 4) is 0 Å². The van der Waals surface area contributed by atoms with E-state index in [2.05, 4.69) is 98.6 Å². The molecule has 4 aromatic rings. The fourth-order valence-electron chi connectivity index (χ4n) is 3.07. The number of fused-ring (bicyclic) bond motifs is 5. The minimum absolute atomic E-state index is 0.173. The van der Waals surface area contributed by atoms with Gasteiger partial charge in [0.15, 0.2) is 0 Å². The lowest BCUT2D eigenvalue weighted by molar-refractivity contribution is 1.48. The summed E-state index contributed by atoms with van der Waals surface area (Å²) in [7, 11) is 0. The van der Waals surface area contributed by atoms with Gasteiger partial charge in [-0.25, -0.2) is 0 Å². The second-order valence-electron chi connectivity index (χ2n) is 5.19. The van der Waals surface area contributed by atoms with Gasteiger partial charge in [-0.1, -0.05) is 98.6 Å². The fourth-order valence-corrected chi connectivity index (χ4v) is 3.87. The van der Waals surface area contributed by atoms with Crippen LogP contribution >= 0.6 is 31.9 Å². The number of benzene rings is 4. The van der Waals surface area contributed by atoms with Gasteiger partial charge in [0.05, 0.1) is 3.74 Å². The first-order chi connectivity index (χ1) is 10.3. The summed E-state index contributed by atoms with van der Waals surface area (Å²) in [4.78, 5) is 0. The molecule has 0 bridgehead atoms. The first-order valence-corrected chi connectivity index (χ1v) is 8.70. The minimum Gasteiger partial charge on any atom is -0.0712 e. The molecule has 0 nitrogen and oxygen atoms in total. The highest BCUT2D eigenvalue weighted by atomic mass is 79.9. The van der Waals surface area contributed by atoms with Crippen LogP contribution in [0.4, 0.5) is 0 Å². The Bertz CT molecular complexity index is 971. The third kappa shape index (κ3) is 2.09. The summed E-state index contributed by atoms with van der Waals surface area (Å²) in [5.74, 6) is 0. The normalized spacial score (nSPS) is 11.8. The summed E-state index contributed by atoms with van der Waals surface area (Å²) < 4.78 is 0.173. The Morgan fingerprint density at radius 1 is 0.524 bits per heavy atom. The molecule has 0 fully saturated rings. The molecule has 0 atom stereocenters. The van der Waals surface area contributed by atoms with Crippen LogP contribution < -0.4 is 0 Å². The van der Waals surface area contributed by atoms with Gasteiger partial charge in [0.2, 0.25) is 0 Å². The first-order valence-electron chi connectivity index (χ1n) is 6.87. The van der Waals surface area contributed by atoms with Gasteiger partial charge >= 0.3 is 0 Å². The van der Waals surface area contributed by atoms with Crippen molar-refractivity contribution in [1.29, 1.82) is 0 Å². The van der Waals surface area contributed by atoms with Crippen LogP contribution in [0.5, 0.6) is 0 Å². The van der Waals surface area contributed by atoms with Gasteiger partial charge in [-0.15, -0.1) is 0 Å². The maximum Gasteiger partial charge on any atom is 0.0952 e. The van der Waals surface area contributed by atoms with Crippen LogP contribution in [0.3, 0.4) is 0 Å². The Morgan fingerprint density at radius 3 is 2.00 bits per heavy atom. The highest BCUT2D eigenvalue weighted by molar-refractivity contribution is 9.24. The van der Waals surface area contributed by atoms with Crippen LogP contribution in [0, 0.1) is 0 Å². The van der Waals surface area contributed by atoms with Crippen LogP contribution in [0.25, 0.3) is 32.3 Å². The van der Waals surface area contributed by atoms with Crippen molar-refractivity contribution in [2.24, 2.45) is 0 Å². The van der Waals surface area contributed by atoms with E-state index in [1.807, 2.05) is 0 Å². The molecule has 0 spiro atoms. The van der Waals surface area contributed by atoms with Crippen LogP contribution in [-0.4, -0.2) is 0 Å². The molecule has 0 unspecified atom stereocenters. The van der Waals surface area contributed by atoms with E-state index in [0.717, 1.165) is 0 Å². The van der Waals surface area contributed by atoms with E-state index < -0.39 is 0 Å². The molecule has 21 heavy (non-hydrogen) atoms. The Morgan fingerprint density at radius 2 is 1.14 bits per heavy atom. The molecule has 4 rings (SSSR count). The van der Waals surface area contributed by atoms with E-state index in [9.17, 15) is 0 Å². The third-order valence-electron chi connectivity index (χ3n) is 4.05. The summed E-state index contributed by atoms with van der Waals surface area (Å²) in [5.41, 5.74) is 1.27. The van der Waals surface area contributed by atoms with Gasteiger partial charge in [-0.05, 0) is 37.9 Å². The van der Waals surface area contributed by atoms with Crippen molar-refractivity contribution >= 4 is 64.2 Å². The summed E-state index contributed by atoms with van der Waals surface area (Å²) in [6, 6.07) is 24.0. The highest BCUT2D eigenvalue weighted by Gasteiger charge is 2.10. The largest absolute Gasteiger partial charge is 0.0952 e. The lowest BCUT2D eigenvalue weighted by Crippen LogP contribution is -1.86. The smallest absolute Gasteiger partial charge is 0.0712 e. The number of rotatable bonds is 1. The minimum atomic E-state index is 0.173. The summed E-state index contributed by atoms with van der Waals surface area (Å²) >= 11 is 7.25. The van der Waals surface area contributed by atoms with E-state index in [1.165, 1.54) is 37.9 Å². The summed E-state index contributed by atoms with van der Waals surface area (Å²) in [5, 5.41) is 7.83. The Balaban J connectivity index is 2.20. The number of halogens is 2. The summed E-state index contributed by atoms with van der Waals surface area (Å²) in [6.45, 7) is 0. The lowest BCUT2D eigenvalue weighted by atomic mass is 9.95. The van der Waals surface area contributed by atoms with Gasteiger partial charge in [0.1, 0.15) is 0 Å². The zero-order valence-electron chi connectivity index (χ0n) is 11.2. The lowest BCUT2D eigenvalue weighted by Gasteiger charge is -2.11. The van der Waals surface area contributed by atoms with E-state index in [-0.39, 0.29) is 3.74 Å². The summed E-state index contributed by atoms with van der Waals surface area (Å²) in [6.07, 6.45) is 0. The molecular weight excluding hydrogens is 388 g/mol. The van der Waals surface area contributed by atoms with Crippen LogP contribution in [-0.2, 0) is 0 Å². The van der Waals surface area contributed by atoms with Crippen molar-refractivity contribution in [2.45, 2.75) is 3.74 Å². The molecule has 0 aromatic heterocycles. The van der Waals surface area contributed by atoms with Crippen molar-refractivity contribution in [1.82, 2.24) is 0 Å². The van der Waals surface area contributed by atoms with Gasteiger partial charge in [0.25, 0.3) is 0 Å². The van der Waals surface area contributed by atoms with Crippen LogP contribution in [0.15, 0.2) is 66.7 Å². The van der Waals surface area contributed by atoms with E-state index in [4.69, 9.17) is 0 Å². The molecule has 0 radical (unpaired) electrons. The second kappa shape index (κ2) is 5.11. The fraction of sp³-hybridized carbons (Fsp3) is 0.0526. The van der Waals surface area contributed by atoms with Gasteiger partial charge in [-0.2, -0.15) is 0 Å². The average Bonchev–Trinajstić information content (AvgIpc) is 2.53. The molecule has 2 heteroatoms. The monoisotopic (exact) mass is 398 g/mol. The Kier molecular flexibility index (Phi) is 3.24. The van der Waals surface area contributed by atoms with E-state index >= 15 is 0 Å². The Hall–Kier alpha value is -1.38. The molecule has 0 amide bonds. The maximum atomic E-state index is 3.62. The van der Waals surface area contributed by atoms with Crippen LogP contribution in [0.1, 0.15) is 9.30 Å². The first kappa shape index (κ1) is 13.3. The molecule has 0 aliphatic carbocycles. The standard InChI is InChI=1S/C19H12Br2/c20-19(21)18-7-3-6-14-16-9-8-12-4-1-2-5-13(12)15(16)10-11-17(14)18/h1-11,19H. The van der Waals surface area contributed by atoms with Crippen molar-refractivity contribution in [2.75, 3.05) is 0 Å². The zero-order valence-corrected chi connectivity index (χ0v) is 14.4. The van der Waals surface area contributed by atoms with Crippen molar-refractivity contribution in [3.05, 3.63) is 72.3 Å². The number of alkyl halides is 2. The molecule has 102 valence electrons. The number of hydrogen-bond acceptors (Lipinski definition) is 0. The Labute approximate surface area is 140 Å². The highest BCUT2D eigenvalue weighted by Crippen LogP contribution is 2.38. The average molecular weight is 400 g/mol. The van der Waals surface area contributed by atoms with E-state index in [0.29, 0.717) is 0 Å². The molecule has 0 saturated carbocycles.